The van der Waals surface area contributed by atoms with E-state index in [1.807, 2.05) is 49.4 Å². The molecule has 0 aliphatic carbocycles. The van der Waals surface area contributed by atoms with Gasteiger partial charge in [-0.05, 0) is 49.1 Å². The Balaban J connectivity index is 1.17. The van der Waals surface area contributed by atoms with Gasteiger partial charge in [0.05, 0.1) is 24.1 Å². The van der Waals surface area contributed by atoms with E-state index in [-0.39, 0.29) is 0 Å². The molecule has 5 rings (SSSR count). The minimum absolute atomic E-state index is 0.450. The molecule has 0 saturated heterocycles. The van der Waals surface area contributed by atoms with Gasteiger partial charge >= 0.3 is 0 Å². The summed E-state index contributed by atoms with van der Waals surface area (Å²) in [5, 5.41) is 11.4. The zero-order valence-corrected chi connectivity index (χ0v) is 20.0. The van der Waals surface area contributed by atoms with Crippen molar-refractivity contribution in [1.82, 2.24) is 25.0 Å². The predicted molar refractivity (Wildman–Crippen MR) is 136 cm³/mol. The molecule has 0 fully saturated rings. The minimum atomic E-state index is 0.450. The van der Waals surface area contributed by atoms with Crippen molar-refractivity contribution in [2.75, 3.05) is 10.7 Å². The van der Waals surface area contributed by atoms with Gasteiger partial charge < -0.3 is 14.6 Å². The summed E-state index contributed by atoms with van der Waals surface area (Å²) in [6.45, 7) is 2.88. The van der Waals surface area contributed by atoms with Crippen LogP contribution < -0.4 is 15.5 Å². The third kappa shape index (κ3) is 6.26. The molecule has 0 saturated carbocycles. The van der Waals surface area contributed by atoms with E-state index in [0.29, 0.717) is 24.9 Å². The van der Waals surface area contributed by atoms with Crippen LogP contribution in [0.4, 0.5) is 11.8 Å². The van der Waals surface area contributed by atoms with Crippen molar-refractivity contribution in [3.63, 3.8) is 0 Å². The fourth-order valence-electron chi connectivity index (χ4n) is 3.71. The quantitative estimate of drug-likeness (QED) is 0.277. The van der Waals surface area contributed by atoms with Crippen LogP contribution in [0.3, 0.4) is 0 Å². The SMILES string of the molecule is Cc1cc(CNc2nccc(Nn3nccc3CCc3cccc(OCc4ccccc4)c3)n2)on1. The van der Waals surface area contributed by atoms with Gasteiger partial charge in [0, 0.05) is 18.3 Å². The lowest BCUT2D eigenvalue weighted by molar-refractivity contribution is 0.306. The molecule has 9 heteroatoms. The van der Waals surface area contributed by atoms with Crippen LogP contribution in [0.25, 0.3) is 0 Å². The summed E-state index contributed by atoms with van der Waals surface area (Å²) in [6, 6.07) is 24.0. The number of nitrogens with one attached hydrogen (secondary N) is 2. The second-order valence-electron chi connectivity index (χ2n) is 8.32. The van der Waals surface area contributed by atoms with Gasteiger partial charge in [0.25, 0.3) is 0 Å². The van der Waals surface area contributed by atoms with E-state index in [1.165, 1.54) is 5.56 Å². The molecule has 0 bridgehead atoms. The van der Waals surface area contributed by atoms with E-state index >= 15 is 0 Å². The van der Waals surface area contributed by atoms with E-state index in [4.69, 9.17) is 9.26 Å². The van der Waals surface area contributed by atoms with Crippen molar-refractivity contribution in [2.24, 2.45) is 0 Å². The normalized spacial score (nSPS) is 10.8. The van der Waals surface area contributed by atoms with E-state index in [1.54, 1.807) is 23.3 Å². The van der Waals surface area contributed by atoms with Crippen molar-refractivity contribution in [2.45, 2.75) is 32.9 Å². The highest BCUT2D eigenvalue weighted by atomic mass is 16.5. The number of aromatic nitrogens is 5. The van der Waals surface area contributed by atoms with Gasteiger partial charge in [-0.25, -0.2) is 4.98 Å². The number of hydrogen-bond acceptors (Lipinski definition) is 8. The molecule has 0 radical (unpaired) electrons. The number of anilines is 2. The number of benzene rings is 2. The molecule has 9 nitrogen and oxygen atoms in total. The smallest absolute Gasteiger partial charge is 0.225 e. The Morgan fingerprint density at radius 2 is 1.81 bits per heavy atom. The van der Waals surface area contributed by atoms with Crippen molar-refractivity contribution >= 4 is 11.8 Å². The second-order valence-corrected chi connectivity index (χ2v) is 8.32. The molecule has 5 aromatic rings. The maximum atomic E-state index is 5.97. The molecule has 3 heterocycles. The molecule has 3 aromatic heterocycles. The van der Waals surface area contributed by atoms with Crippen molar-refractivity contribution in [3.8, 4) is 5.75 Å². The first-order valence-electron chi connectivity index (χ1n) is 11.8. The van der Waals surface area contributed by atoms with Crippen LogP contribution in [-0.2, 0) is 26.0 Å². The average molecular weight is 482 g/mol. The Kier molecular flexibility index (Phi) is 7.17. The Morgan fingerprint density at radius 3 is 2.67 bits per heavy atom. The molecule has 0 atom stereocenters. The molecular weight excluding hydrogens is 454 g/mol. The van der Waals surface area contributed by atoms with Gasteiger partial charge in [-0.1, -0.05) is 47.6 Å². The highest BCUT2D eigenvalue weighted by molar-refractivity contribution is 5.39. The van der Waals surface area contributed by atoms with Crippen LogP contribution in [0.15, 0.2) is 89.7 Å². The third-order valence-electron chi connectivity index (χ3n) is 5.51. The molecule has 36 heavy (non-hydrogen) atoms. The third-order valence-corrected chi connectivity index (χ3v) is 5.51. The van der Waals surface area contributed by atoms with Gasteiger partial charge in [-0.2, -0.15) is 14.9 Å². The molecular formula is C27H27N7O2. The van der Waals surface area contributed by atoms with Crippen LogP contribution in [0.2, 0.25) is 0 Å². The summed E-state index contributed by atoms with van der Waals surface area (Å²) in [5.74, 6) is 2.69. The number of rotatable bonds is 11. The monoisotopic (exact) mass is 481 g/mol. The van der Waals surface area contributed by atoms with E-state index in [0.717, 1.165) is 41.3 Å². The summed E-state index contributed by atoms with van der Waals surface area (Å²) in [5.41, 5.74) is 7.45. The van der Waals surface area contributed by atoms with Crippen LogP contribution in [0.1, 0.15) is 28.3 Å². The number of ether oxygens (including phenoxy) is 1. The maximum absolute atomic E-state index is 5.97. The first-order chi connectivity index (χ1) is 17.7. The fraction of sp³-hybridized carbons (Fsp3) is 0.185. The largest absolute Gasteiger partial charge is 0.489 e. The molecule has 0 aliphatic rings. The summed E-state index contributed by atoms with van der Waals surface area (Å²) in [6.07, 6.45) is 5.11. The molecule has 2 N–H and O–H groups in total. The predicted octanol–water partition coefficient (Wildman–Crippen LogP) is 4.82. The standard InChI is InChI=1S/C27H27N7O2/c1-20-16-25(36-33-20)18-29-27-28-14-13-26(31-27)32-34-23(12-15-30-34)11-10-21-8-5-9-24(17-21)35-19-22-6-3-2-4-7-22/h2-9,12-17H,10-11,18-19H2,1H3,(H2,28,29,31,32). The topological polar surface area (TPSA) is 103 Å². The Hall–Kier alpha value is -4.66. The zero-order chi connectivity index (χ0) is 24.6. The van der Waals surface area contributed by atoms with E-state index in [9.17, 15) is 0 Å². The zero-order valence-electron chi connectivity index (χ0n) is 20.0. The highest BCUT2D eigenvalue weighted by Crippen LogP contribution is 2.17. The molecule has 182 valence electrons. The molecule has 0 aliphatic heterocycles. The summed E-state index contributed by atoms with van der Waals surface area (Å²) >= 11 is 0. The first kappa shape index (κ1) is 23.1. The van der Waals surface area contributed by atoms with E-state index in [2.05, 4.69) is 55.2 Å². The molecule has 0 unspecified atom stereocenters. The van der Waals surface area contributed by atoms with Crippen LogP contribution in [0, 0.1) is 6.92 Å². The summed E-state index contributed by atoms with van der Waals surface area (Å²) in [7, 11) is 0. The molecule has 0 amide bonds. The van der Waals surface area contributed by atoms with Gasteiger partial charge in [0.2, 0.25) is 5.95 Å². The van der Waals surface area contributed by atoms with Gasteiger partial charge in [0.1, 0.15) is 12.4 Å². The summed E-state index contributed by atoms with van der Waals surface area (Å²) in [4.78, 5) is 10.5. The van der Waals surface area contributed by atoms with Crippen LogP contribution in [0.5, 0.6) is 5.75 Å². The average Bonchev–Trinajstić information content (AvgIpc) is 3.54. The number of hydrogen-bond donors (Lipinski definition) is 2. The Bertz CT molecular complexity index is 1400. The molecule has 2 aromatic carbocycles. The Labute approximate surface area is 209 Å². The summed E-state index contributed by atoms with van der Waals surface area (Å²) < 4.78 is 11.2. The number of aryl methyl sites for hydroxylation is 3. The van der Waals surface area contributed by atoms with Crippen molar-refractivity contribution in [3.05, 3.63) is 113 Å². The second kappa shape index (κ2) is 11.2. The van der Waals surface area contributed by atoms with Crippen LogP contribution in [-0.4, -0.2) is 25.0 Å². The van der Waals surface area contributed by atoms with Crippen molar-refractivity contribution < 1.29 is 9.26 Å². The van der Waals surface area contributed by atoms with E-state index < -0.39 is 0 Å². The maximum Gasteiger partial charge on any atom is 0.225 e. The lowest BCUT2D eigenvalue weighted by Gasteiger charge is -2.11. The van der Waals surface area contributed by atoms with Gasteiger partial charge in [0.15, 0.2) is 11.6 Å². The lowest BCUT2D eigenvalue weighted by atomic mass is 10.1. The van der Waals surface area contributed by atoms with Gasteiger partial charge in [-0.3, -0.25) is 5.43 Å². The van der Waals surface area contributed by atoms with Crippen LogP contribution >= 0.6 is 0 Å². The lowest BCUT2D eigenvalue weighted by Crippen LogP contribution is -2.16. The highest BCUT2D eigenvalue weighted by Gasteiger charge is 2.07. The Morgan fingerprint density at radius 1 is 0.917 bits per heavy atom. The fourth-order valence-corrected chi connectivity index (χ4v) is 3.71. The molecule has 0 spiro atoms. The minimum Gasteiger partial charge on any atom is -0.489 e. The van der Waals surface area contributed by atoms with Gasteiger partial charge in [-0.15, -0.1) is 0 Å². The first-order valence-corrected chi connectivity index (χ1v) is 11.8. The van der Waals surface area contributed by atoms with Crippen molar-refractivity contribution in [1.29, 1.82) is 0 Å². The number of nitrogens with zero attached hydrogens (tertiary/aromatic N) is 5.